The first-order valence-electron chi connectivity index (χ1n) is 6.23. The molecule has 0 aliphatic heterocycles. The molecular weight excluding hydrogens is 282 g/mol. The van der Waals surface area contributed by atoms with Crippen LogP contribution in [-0.4, -0.2) is 39.3 Å². The quantitative estimate of drug-likeness (QED) is 0.707. The Morgan fingerprint density at radius 2 is 1.90 bits per heavy atom. The van der Waals surface area contributed by atoms with Gasteiger partial charge in [-0.2, -0.15) is 0 Å². The number of rotatable bonds is 8. The van der Waals surface area contributed by atoms with E-state index in [2.05, 4.69) is 4.72 Å². The molecule has 0 aliphatic carbocycles. The van der Waals surface area contributed by atoms with Crippen LogP contribution in [0.2, 0.25) is 0 Å². The van der Waals surface area contributed by atoms with Crippen molar-refractivity contribution in [2.24, 2.45) is 5.92 Å². The summed E-state index contributed by atoms with van der Waals surface area (Å²) >= 11 is 0. The molecule has 1 aromatic rings. The zero-order chi connectivity index (χ0) is 15.2. The van der Waals surface area contributed by atoms with Crippen molar-refractivity contribution in [3.8, 4) is 0 Å². The third-order valence-corrected chi connectivity index (χ3v) is 3.88. The lowest BCUT2D eigenvalue weighted by atomic mass is 10.2. The summed E-state index contributed by atoms with van der Waals surface area (Å²) in [4.78, 5) is 10.7. The summed E-state index contributed by atoms with van der Waals surface area (Å²) in [5, 5.41) is 8.74. The molecule has 1 rings (SSSR count). The molecule has 0 unspecified atom stereocenters. The molecule has 0 saturated heterocycles. The summed E-state index contributed by atoms with van der Waals surface area (Å²) in [5.74, 6) is -0.695. The van der Waals surface area contributed by atoms with Crippen molar-refractivity contribution >= 4 is 16.0 Å². The van der Waals surface area contributed by atoms with Gasteiger partial charge >= 0.3 is 5.97 Å². The van der Waals surface area contributed by atoms with Gasteiger partial charge in [-0.1, -0.05) is 13.8 Å². The van der Waals surface area contributed by atoms with Gasteiger partial charge in [0, 0.05) is 13.2 Å². The first kappa shape index (κ1) is 16.6. The lowest BCUT2D eigenvalue weighted by Crippen LogP contribution is -2.27. The van der Waals surface area contributed by atoms with Crippen molar-refractivity contribution in [1.29, 1.82) is 0 Å². The van der Waals surface area contributed by atoms with E-state index in [0.717, 1.165) is 0 Å². The number of hydrogen-bond donors (Lipinski definition) is 2. The monoisotopic (exact) mass is 301 g/mol. The second kappa shape index (κ2) is 7.37. The van der Waals surface area contributed by atoms with Crippen molar-refractivity contribution in [3.63, 3.8) is 0 Å². The van der Waals surface area contributed by atoms with Gasteiger partial charge in [-0.15, -0.1) is 0 Å². The Morgan fingerprint density at radius 3 is 2.40 bits per heavy atom. The first-order chi connectivity index (χ1) is 9.33. The van der Waals surface area contributed by atoms with Gasteiger partial charge in [0.25, 0.3) is 0 Å². The van der Waals surface area contributed by atoms with Crippen LogP contribution >= 0.6 is 0 Å². The van der Waals surface area contributed by atoms with Gasteiger partial charge < -0.3 is 9.84 Å². The van der Waals surface area contributed by atoms with Gasteiger partial charge in [0.05, 0.1) is 17.1 Å². The fourth-order valence-corrected chi connectivity index (χ4v) is 2.44. The van der Waals surface area contributed by atoms with Gasteiger partial charge in [-0.3, -0.25) is 0 Å². The number of ether oxygens (including phenoxy) is 1. The highest BCUT2D eigenvalue weighted by molar-refractivity contribution is 7.89. The largest absolute Gasteiger partial charge is 0.478 e. The number of sulfonamides is 1. The Kier molecular flexibility index (Phi) is 6.12. The van der Waals surface area contributed by atoms with Gasteiger partial charge in [-0.05, 0) is 30.2 Å². The number of hydrogen-bond acceptors (Lipinski definition) is 4. The first-order valence-corrected chi connectivity index (χ1v) is 7.72. The predicted molar refractivity (Wildman–Crippen MR) is 74.2 cm³/mol. The van der Waals surface area contributed by atoms with Crippen LogP contribution in [0.3, 0.4) is 0 Å². The van der Waals surface area contributed by atoms with Gasteiger partial charge in [-0.25, -0.2) is 17.9 Å². The second-order valence-corrected chi connectivity index (χ2v) is 6.46. The standard InChI is InChI=1S/C13H19NO5S/c1-10(2)9-19-8-7-14-20(17,18)12-5-3-11(4-6-12)13(15)16/h3-6,10,14H,7-9H2,1-2H3,(H,15,16). The van der Waals surface area contributed by atoms with E-state index in [1.165, 1.54) is 24.3 Å². The molecule has 1 aromatic carbocycles. The van der Waals surface area contributed by atoms with E-state index in [1.807, 2.05) is 13.8 Å². The number of carboxylic acids is 1. The summed E-state index contributed by atoms with van der Waals surface area (Å²) in [6.07, 6.45) is 0. The molecule has 2 N–H and O–H groups in total. The molecule has 6 nitrogen and oxygen atoms in total. The highest BCUT2D eigenvalue weighted by atomic mass is 32.2. The fourth-order valence-electron chi connectivity index (χ4n) is 1.43. The van der Waals surface area contributed by atoms with Crippen molar-refractivity contribution < 1.29 is 23.1 Å². The molecule has 0 aliphatic rings. The molecule has 0 radical (unpaired) electrons. The van der Waals surface area contributed by atoms with Crippen LogP contribution in [0, 0.1) is 5.92 Å². The summed E-state index contributed by atoms with van der Waals surface area (Å²) in [5.41, 5.74) is 0.0456. The molecule has 0 bridgehead atoms. The maximum absolute atomic E-state index is 11.9. The van der Waals surface area contributed by atoms with E-state index in [4.69, 9.17) is 9.84 Å². The highest BCUT2D eigenvalue weighted by Gasteiger charge is 2.14. The molecule has 112 valence electrons. The van der Waals surface area contributed by atoms with E-state index in [9.17, 15) is 13.2 Å². The van der Waals surface area contributed by atoms with Crippen LogP contribution in [0.4, 0.5) is 0 Å². The normalized spacial score (nSPS) is 11.8. The predicted octanol–water partition coefficient (Wildman–Crippen LogP) is 1.34. The van der Waals surface area contributed by atoms with E-state index < -0.39 is 16.0 Å². The third kappa shape index (κ3) is 5.28. The Morgan fingerprint density at radius 1 is 1.30 bits per heavy atom. The second-order valence-electron chi connectivity index (χ2n) is 4.70. The Labute approximate surface area is 118 Å². The van der Waals surface area contributed by atoms with Crippen molar-refractivity contribution in [2.45, 2.75) is 18.7 Å². The maximum Gasteiger partial charge on any atom is 0.335 e. The fraction of sp³-hybridized carbons (Fsp3) is 0.462. The number of aromatic carboxylic acids is 1. The van der Waals surface area contributed by atoms with Crippen LogP contribution < -0.4 is 4.72 Å². The minimum atomic E-state index is -3.63. The van der Waals surface area contributed by atoms with Crippen LogP contribution in [0.15, 0.2) is 29.2 Å². The smallest absolute Gasteiger partial charge is 0.335 e. The molecule has 7 heteroatoms. The zero-order valence-corrected chi connectivity index (χ0v) is 12.3. The third-order valence-electron chi connectivity index (χ3n) is 2.40. The van der Waals surface area contributed by atoms with Gasteiger partial charge in [0.1, 0.15) is 0 Å². The summed E-state index contributed by atoms with van der Waals surface area (Å²) < 4.78 is 31.5. The Hall–Kier alpha value is -1.44. The maximum atomic E-state index is 11.9. The van der Waals surface area contributed by atoms with Crippen molar-refractivity contribution in [1.82, 2.24) is 4.72 Å². The van der Waals surface area contributed by atoms with Crippen molar-refractivity contribution in [2.75, 3.05) is 19.8 Å². The lowest BCUT2D eigenvalue weighted by Gasteiger charge is -2.09. The molecule has 0 atom stereocenters. The van der Waals surface area contributed by atoms with Crippen LogP contribution in [0.5, 0.6) is 0 Å². The molecule has 0 fully saturated rings. The van der Waals surface area contributed by atoms with Crippen LogP contribution in [0.25, 0.3) is 0 Å². The summed E-state index contributed by atoms with van der Waals surface area (Å²) in [6, 6.07) is 5.04. The van der Waals surface area contributed by atoms with E-state index in [0.29, 0.717) is 19.1 Å². The topological polar surface area (TPSA) is 92.7 Å². The summed E-state index contributed by atoms with van der Waals surface area (Å²) in [7, 11) is -3.63. The number of benzene rings is 1. The average Bonchev–Trinajstić information content (AvgIpc) is 2.38. The van der Waals surface area contributed by atoms with Gasteiger partial charge in [0.15, 0.2) is 0 Å². The molecule has 0 heterocycles. The summed E-state index contributed by atoms with van der Waals surface area (Å²) in [6.45, 7) is 5.07. The van der Waals surface area contributed by atoms with Crippen molar-refractivity contribution in [3.05, 3.63) is 29.8 Å². The number of nitrogens with one attached hydrogen (secondary N) is 1. The number of carboxylic acid groups (broad SMARTS) is 1. The molecule has 20 heavy (non-hydrogen) atoms. The number of carbonyl (C=O) groups is 1. The SMILES string of the molecule is CC(C)COCCNS(=O)(=O)c1ccc(C(=O)O)cc1. The molecule has 0 saturated carbocycles. The van der Waals surface area contributed by atoms with E-state index >= 15 is 0 Å². The van der Waals surface area contributed by atoms with Crippen LogP contribution in [-0.2, 0) is 14.8 Å². The minimum Gasteiger partial charge on any atom is -0.478 e. The average molecular weight is 301 g/mol. The molecule has 0 spiro atoms. The zero-order valence-electron chi connectivity index (χ0n) is 11.5. The minimum absolute atomic E-state index is 0.0337. The Balaban J connectivity index is 2.54. The lowest BCUT2D eigenvalue weighted by molar-refractivity contribution is 0.0696. The molecule has 0 aromatic heterocycles. The van der Waals surface area contributed by atoms with E-state index in [-0.39, 0.29) is 17.0 Å². The molecular formula is C13H19NO5S. The Bertz CT molecular complexity index is 536. The van der Waals surface area contributed by atoms with Crippen LogP contribution in [0.1, 0.15) is 24.2 Å². The molecule has 0 amide bonds. The highest BCUT2D eigenvalue weighted by Crippen LogP contribution is 2.10. The van der Waals surface area contributed by atoms with E-state index in [1.54, 1.807) is 0 Å². The van der Waals surface area contributed by atoms with Gasteiger partial charge in [0.2, 0.25) is 10.0 Å².